The summed E-state index contributed by atoms with van der Waals surface area (Å²) in [6, 6.07) is 11.7. The van der Waals surface area contributed by atoms with Crippen molar-refractivity contribution in [3.8, 4) is 11.5 Å². The highest BCUT2D eigenvalue weighted by Crippen LogP contribution is 2.27. The van der Waals surface area contributed by atoms with Crippen LogP contribution in [0.5, 0.6) is 0 Å². The summed E-state index contributed by atoms with van der Waals surface area (Å²) in [7, 11) is 0. The fraction of sp³-hybridized carbons (Fsp3) is 0.125. The highest BCUT2D eigenvalue weighted by Gasteiger charge is 2.21. The first-order valence-corrected chi connectivity index (χ1v) is 10.8. The third kappa shape index (κ3) is 3.60. The maximum atomic E-state index is 14.3. The van der Waals surface area contributed by atoms with E-state index in [0.29, 0.717) is 28.4 Å². The molecule has 0 atom stereocenters. The Labute approximate surface area is 199 Å². The number of amides is 1. The first kappa shape index (κ1) is 21.7. The van der Waals surface area contributed by atoms with Gasteiger partial charge < -0.3 is 5.32 Å². The van der Waals surface area contributed by atoms with Crippen LogP contribution in [0.4, 0.5) is 10.2 Å². The van der Waals surface area contributed by atoms with Gasteiger partial charge in [-0.3, -0.25) is 4.79 Å². The van der Waals surface area contributed by atoms with Crippen molar-refractivity contribution >= 4 is 34.4 Å². The van der Waals surface area contributed by atoms with Crippen molar-refractivity contribution in [2.24, 2.45) is 0 Å². The number of hydrogen-bond donors (Lipinski definition) is 1. The van der Waals surface area contributed by atoms with E-state index in [4.69, 9.17) is 11.6 Å². The number of anilines is 1. The van der Waals surface area contributed by atoms with Crippen molar-refractivity contribution in [1.82, 2.24) is 29.5 Å². The van der Waals surface area contributed by atoms with E-state index >= 15 is 0 Å². The normalized spacial score (nSPS) is 11.2. The van der Waals surface area contributed by atoms with Crippen molar-refractivity contribution in [2.75, 3.05) is 5.32 Å². The van der Waals surface area contributed by atoms with Crippen LogP contribution in [0.15, 0.2) is 55.0 Å². The molecule has 0 saturated carbocycles. The summed E-state index contributed by atoms with van der Waals surface area (Å²) < 4.78 is 17.5. The van der Waals surface area contributed by atoms with Crippen molar-refractivity contribution < 1.29 is 9.18 Å². The lowest BCUT2D eigenvalue weighted by Crippen LogP contribution is -2.17. The van der Waals surface area contributed by atoms with Crippen LogP contribution in [0.1, 0.15) is 27.2 Å². The monoisotopic (exact) mass is 475 g/mol. The number of nitrogens with one attached hydrogen (secondary N) is 1. The van der Waals surface area contributed by atoms with Gasteiger partial charge in [0.15, 0.2) is 11.5 Å². The molecule has 0 aliphatic carbocycles. The Morgan fingerprint density at radius 3 is 2.65 bits per heavy atom. The lowest BCUT2D eigenvalue weighted by Gasteiger charge is -2.11. The van der Waals surface area contributed by atoms with Crippen molar-refractivity contribution in [1.29, 1.82) is 0 Å². The molecule has 3 heterocycles. The minimum absolute atomic E-state index is 0.0134. The molecule has 10 heteroatoms. The summed E-state index contributed by atoms with van der Waals surface area (Å²) in [6.45, 7) is 5.84. The number of fused-ring (bicyclic) bond motifs is 1. The fourth-order valence-corrected chi connectivity index (χ4v) is 4.03. The number of nitrogens with zero attached hydrogens (tertiary/aromatic N) is 6. The Morgan fingerprint density at radius 2 is 1.85 bits per heavy atom. The largest absolute Gasteiger partial charge is 0.306 e. The minimum atomic E-state index is -0.716. The van der Waals surface area contributed by atoms with Gasteiger partial charge in [0.2, 0.25) is 0 Å². The molecule has 34 heavy (non-hydrogen) atoms. The van der Waals surface area contributed by atoms with Gasteiger partial charge in [0.25, 0.3) is 5.91 Å². The predicted molar refractivity (Wildman–Crippen MR) is 127 cm³/mol. The molecule has 1 N–H and O–H groups in total. The molecule has 0 aliphatic rings. The average Bonchev–Trinajstić information content (AvgIpc) is 3.38. The summed E-state index contributed by atoms with van der Waals surface area (Å²) >= 11 is 6.06. The van der Waals surface area contributed by atoms with Gasteiger partial charge in [-0.1, -0.05) is 29.8 Å². The number of carbonyl (C=O) groups excluding carboxylic acids is 1. The number of aromatic nitrogens is 6. The summed E-state index contributed by atoms with van der Waals surface area (Å²) in [6.07, 6.45) is 3.07. The van der Waals surface area contributed by atoms with Gasteiger partial charge >= 0.3 is 0 Å². The van der Waals surface area contributed by atoms with E-state index < -0.39 is 11.7 Å². The molecule has 1 amide bonds. The molecule has 3 aromatic heterocycles. The standard InChI is InChI=1S/C24H19ClFN7O/c1-13-6-4-9-19(15(13)3)32-22-16(11-29-32)23(28-12-27-22)33-20(10-14(2)31-33)30-24(34)21-17(25)7-5-8-18(21)26/h4-12H,1-3H3,(H,30,34). The Balaban J connectivity index is 1.60. The van der Waals surface area contributed by atoms with Crippen LogP contribution in [0.25, 0.3) is 22.5 Å². The highest BCUT2D eigenvalue weighted by molar-refractivity contribution is 6.34. The average molecular weight is 476 g/mol. The van der Waals surface area contributed by atoms with Gasteiger partial charge in [-0.05, 0) is 50.1 Å². The van der Waals surface area contributed by atoms with Crippen LogP contribution < -0.4 is 5.32 Å². The van der Waals surface area contributed by atoms with E-state index in [9.17, 15) is 9.18 Å². The Morgan fingerprint density at radius 1 is 1.06 bits per heavy atom. The maximum Gasteiger partial charge on any atom is 0.261 e. The van der Waals surface area contributed by atoms with Crippen LogP contribution in [0.2, 0.25) is 5.02 Å². The van der Waals surface area contributed by atoms with Gasteiger partial charge in [-0.25, -0.2) is 19.0 Å². The third-order valence-corrected chi connectivity index (χ3v) is 5.93. The van der Waals surface area contributed by atoms with Crippen LogP contribution in [0, 0.1) is 26.6 Å². The quantitative estimate of drug-likeness (QED) is 0.396. The van der Waals surface area contributed by atoms with Crippen LogP contribution in [0.3, 0.4) is 0 Å². The molecule has 5 rings (SSSR count). The zero-order valence-corrected chi connectivity index (χ0v) is 19.3. The van der Waals surface area contributed by atoms with Gasteiger partial charge in [-0.2, -0.15) is 14.9 Å². The first-order chi connectivity index (χ1) is 16.3. The van der Waals surface area contributed by atoms with E-state index in [2.05, 4.69) is 25.5 Å². The van der Waals surface area contributed by atoms with Crippen molar-refractivity contribution in [2.45, 2.75) is 20.8 Å². The van der Waals surface area contributed by atoms with Crippen LogP contribution >= 0.6 is 11.6 Å². The zero-order chi connectivity index (χ0) is 24.0. The summed E-state index contributed by atoms with van der Waals surface area (Å²) in [4.78, 5) is 21.7. The van der Waals surface area contributed by atoms with Gasteiger partial charge in [-0.15, -0.1) is 0 Å². The third-order valence-electron chi connectivity index (χ3n) is 5.61. The summed E-state index contributed by atoms with van der Waals surface area (Å²) in [5.74, 6) is -0.682. The second-order valence-electron chi connectivity index (χ2n) is 7.84. The minimum Gasteiger partial charge on any atom is -0.306 e. The Bertz CT molecular complexity index is 1550. The molecular formula is C24H19ClFN7O. The van der Waals surface area contributed by atoms with E-state index in [1.807, 2.05) is 32.0 Å². The zero-order valence-electron chi connectivity index (χ0n) is 18.5. The molecule has 0 radical (unpaired) electrons. The molecular weight excluding hydrogens is 457 g/mol. The van der Waals surface area contributed by atoms with Gasteiger partial charge in [0.05, 0.1) is 33.6 Å². The van der Waals surface area contributed by atoms with E-state index in [-0.39, 0.29) is 10.6 Å². The topological polar surface area (TPSA) is 90.5 Å². The van der Waals surface area contributed by atoms with Crippen molar-refractivity contribution in [3.05, 3.63) is 88.2 Å². The molecule has 0 spiro atoms. The fourth-order valence-electron chi connectivity index (χ4n) is 3.79. The molecule has 0 fully saturated rings. The van der Waals surface area contributed by atoms with E-state index in [1.54, 1.807) is 23.9 Å². The Kier molecular flexibility index (Phi) is 5.33. The smallest absolute Gasteiger partial charge is 0.261 e. The second kappa shape index (κ2) is 8.35. The summed E-state index contributed by atoms with van der Waals surface area (Å²) in [5, 5.41) is 12.4. The summed E-state index contributed by atoms with van der Waals surface area (Å²) in [5.41, 5.74) is 4.08. The van der Waals surface area contributed by atoms with Gasteiger partial charge in [0, 0.05) is 6.07 Å². The van der Waals surface area contributed by atoms with Crippen molar-refractivity contribution in [3.63, 3.8) is 0 Å². The predicted octanol–water partition coefficient (Wildman–Crippen LogP) is 4.97. The van der Waals surface area contributed by atoms with E-state index in [1.165, 1.54) is 29.2 Å². The molecule has 0 unspecified atom stereocenters. The number of halogens is 2. The number of benzene rings is 2. The number of aryl methyl sites for hydroxylation is 2. The maximum absolute atomic E-state index is 14.3. The molecule has 0 aliphatic heterocycles. The molecule has 0 bridgehead atoms. The van der Waals surface area contributed by atoms with Gasteiger partial charge in [0.1, 0.15) is 18.0 Å². The lowest BCUT2D eigenvalue weighted by atomic mass is 10.1. The first-order valence-electron chi connectivity index (χ1n) is 10.4. The highest BCUT2D eigenvalue weighted by atomic mass is 35.5. The van der Waals surface area contributed by atoms with Crippen LogP contribution in [-0.2, 0) is 0 Å². The SMILES string of the molecule is Cc1cc(NC(=O)c2c(F)cccc2Cl)n(-c2ncnc3c2cnn3-c2cccc(C)c2C)n1. The molecule has 0 saturated heterocycles. The molecule has 170 valence electrons. The number of carbonyl (C=O) groups is 1. The molecule has 2 aromatic carbocycles. The number of rotatable bonds is 4. The Hall–Kier alpha value is -4.11. The second-order valence-corrected chi connectivity index (χ2v) is 8.25. The number of hydrogen-bond acceptors (Lipinski definition) is 5. The lowest BCUT2D eigenvalue weighted by molar-refractivity contribution is 0.102. The molecule has 5 aromatic rings. The van der Waals surface area contributed by atoms with E-state index in [0.717, 1.165) is 16.8 Å². The van der Waals surface area contributed by atoms with Crippen LogP contribution in [-0.4, -0.2) is 35.4 Å². The molecule has 8 nitrogen and oxygen atoms in total.